The van der Waals surface area contributed by atoms with Gasteiger partial charge in [-0.25, -0.2) is 14.6 Å². The summed E-state index contributed by atoms with van der Waals surface area (Å²) in [7, 11) is 0. The Bertz CT molecular complexity index is 1070. The number of nitrogens with zero attached hydrogens (tertiary/aromatic N) is 1. The van der Waals surface area contributed by atoms with Crippen LogP contribution in [0.5, 0.6) is 0 Å². The molecule has 168 valence electrons. The first-order valence-corrected chi connectivity index (χ1v) is 10.9. The summed E-state index contributed by atoms with van der Waals surface area (Å²) in [4.78, 5) is 40.9. The highest BCUT2D eigenvalue weighted by atomic mass is 32.1. The molecule has 8 nitrogen and oxygen atoms in total. The molecule has 0 atom stereocenters. The predicted molar refractivity (Wildman–Crippen MR) is 125 cm³/mol. The number of nitrogens with one attached hydrogen (secondary N) is 1. The number of nitrogens with two attached hydrogens (primary N) is 1. The van der Waals surface area contributed by atoms with E-state index in [0.29, 0.717) is 10.7 Å². The van der Waals surface area contributed by atoms with Gasteiger partial charge in [0.25, 0.3) is 5.91 Å². The number of aromatic nitrogens is 1. The molecule has 0 unspecified atom stereocenters. The normalized spacial score (nSPS) is 9.84. The van der Waals surface area contributed by atoms with Gasteiger partial charge in [0.15, 0.2) is 12.3 Å². The molecule has 1 heterocycles. The molecule has 32 heavy (non-hydrogen) atoms. The Hall–Kier alpha value is -3.72. The number of rotatable bonds is 7. The average Bonchev–Trinajstić information content (AvgIpc) is 3.23. The van der Waals surface area contributed by atoms with E-state index in [0.717, 1.165) is 16.9 Å². The lowest BCUT2D eigenvalue weighted by molar-refractivity contribution is -0.119. The molecular formula is C23H25N3O5S. The van der Waals surface area contributed by atoms with E-state index < -0.39 is 24.5 Å². The van der Waals surface area contributed by atoms with Crippen LogP contribution in [0.15, 0.2) is 54.6 Å². The molecule has 0 radical (unpaired) electrons. The lowest BCUT2D eigenvalue weighted by Gasteiger charge is -2.07. The van der Waals surface area contributed by atoms with Crippen LogP contribution in [0.2, 0.25) is 0 Å². The minimum Gasteiger partial charge on any atom is -0.461 e. The van der Waals surface area contributed by atoms with Crippen molar-refractivity contribution in [3.8, 4) is 10.6 Å². The SMILES string of the molecule is CC.CCOC(=O)c1nc(-c2ccccc2)sc1NC(=O)COC(=O)c1cccc(N)c1. The minimum absolute atomic E-state index is 0.00351. The third kappa shape index (κ3) is 6.64. The second-order valence-electron chi connectivity index (χ2n) is 6.03. The van der Waals surface area contributed by atoms with E-state index in [2.05, 4.69) is 10.3 Å². The van der Waals surface area contributed by atoms with Crippen molar-refractivity contribution in [1.29, 1.82) is 0 Å². The van der Waals surface area contributed by atoms with Gasteiger partial charge < -0.3 is 20.5 Å². The van der Waals surface area contributed by atoms with E-state index in [1.165, 1.54) is 12.1 Å². The lowest BCUT2D eigenvalue weighted by Crippen LogP contribution is -2.21. The van der Waals surface area contributed by atoms with Crippen LogP contribution in [0.3, 0.4) is 0 Å². The molecule has 0 saturated heterocycles. The highest BCUT2D eigenvalue weighted by Crippen LogP contribution is 2.32. The number of carbonyl (C=O) groups excluding carboxylic acids is 3. The third-order valence-corrected chi connectivity index (χ3v) is 4.85. The van der Waals surface area contributed by atoms with Gasteiger partial charge in [0, 0.05) is 11.3 Å². The largest absolute Gasteiger partial charge is 0.461 e. The summed E-state index contributed by atoms with van der Waals surface area (Å²) in [6.45, 7) is 5.31. The Kier molecular flexibility index (Phi) is 9.37. The Balaban J connectivity index is 0.00000176. The number of benzene rings is 2. The van der Waals surface area contributed by atoms with Crippen LogP contribution in [0.4, 0.5) is 10.7 Å². The topological polar surface area (TPSA) is 121 Å². The van der Waals surface area contributed by atoms with Gasteiger partial charge in [-0.3, -0.25) is 4.79 Å². The van der Waals surface area contributed by atoms with Crippen LogP contribution in [-0.4, -0.2) is 36.0 Å². The van der Waals surface area contributed by atoms with Crippen molar-refractivity contribution >= 4 is 39.9 Å². The summed E-state index contributed by atoms with van der Waals surface area (Å²) in [6.07, 6.45) is 0. The van der Waals surface area contributed by atoms with Gasteiger partial charge in [-0.15, -0.1) is 0 Å². The minimum atomic E-state index is -0.683. The lowest BCUT2D eigenvalue weighted by atomic mass is 10.2. The van der Waals surface area contributed by atoms with Gasteiger partial charge in [-0.2, -0.15) is 0 Å². The van der Waals surface area contributed by atoms with Crippen LogP contribution in [0.1, 0.15) is 41.6 Å². The first-order chi connectivity index (χ1) is 15.5. The summed E-state index contributed by atoms with van der Waals surface area (Å²) in [6, 6.07) is 15.5. The highest BCUT2D eigenvalue weighted by Gasteiger charge is 2.22. The molecule has 0 aliphatic heterocycles. The molecule has 0 fully saturated rings. The Morgan fingerprint density at radius 3 is 2.38 bits per heavy atom. The summed E-state index contributed by atoms with van der Waals surface area (Å²) in [5, 5.41) is 3.34. The molecule has 3 aromatic rings. The predicted octanol–water partition coefficient (Wildman–Crippen LogP) is 4.39. The summed E-state index contributed by atoms with van der Waals surface area (Å²) in [5.41, 5.74) is 7.07. The summed E-state index contributed by atoms with van der Waals surface area (Å²) < 4.78 is 10.0. The Labute approximate surface area is 190 Å². The average molecular weight is 456 g/mol. The van der Waals surface area contributed by atoms with Gasteiger partial charge in [0.05, 0.1) is 12.2 Å². The molecule has 1 aromatic heterocycles. The smallest absolute Gasteiger partial charge is 0.360 e. The van der Waals surface area contributed by atoms with Crippen molar-refractivity contribution in [3.05, 3.63) is 65.9 Å². The van der Waals surface area contributed by atoms with Crippen LogP contribution < -0.4 is 11.1 Å². The van der Waals surface area contributed by atoms with Gasteiger partial charge in [0.2, 0.25) is 0 Å². The molecule has 1 amide bonds. The van der Waals surface area contributed by atoms with E-state index in [4.69, 9.17) is 15.2 Å². The van der Waals surface area contributed by atoms with Crippen LogP contribution in [0.25, 0.3) is 10.6 Å². The number of nitrogen functional groups attached to an aromatic ring is 1. The Morgan fingerprint density at radius 2 is 1.72 bits per heavy atom. The van der Waals surface area contributed by atoms with Gasteiger partial charge in [0.1, 0.15) is 10.0 Å². The number of thiazole rings is 1. The zero-order chi connectivity index (χ0) is 23.5. The molecule has 3 rings (SSSR count). The number of carbonyl (C=O) groups is 3. The van der Waals surface area contributed by atoms with Crippen LogP contribution in [-0.2, 0) is 14.3 Å². The first-order valence-electron chi connectivity index (χ1n) is 10.0. The fourth-order valence-corrected chi connectivity index (χ4v) is 3.46. The fraction of sp³-hybridized carbons (Fsp3) is 0.217. The van der Waals surface area contributed by atoms with Crippen molar-refractivity contribution in [2.24, 2.45) is 0 Å². The Morgan fingerprint density at radius 1 is 1.00 bits per heavy atom. The van der Waals surface area contributed by atoms with E-state index in [1.807, 2.05) is 44.2 Å². The summed E-state index contributed by atoms with van der Waals surface area (Å²) in [5.74, 6) is -1.94. The second kappa shape index (κ2) is 12.2. The number of hydrogen-bond acceptors (Lipinski definition) is 8. The monoisotopic (exact) mass is 455 g/mol. The van der Waals surface area contributed by atoms with E-state index in [1.54, 1.807) is 19.1 Å². The van der Waals surface area contributed by atoms with E-state index >= 15 is 0 Å². The molecule has 2 aromatic carbocycles. The van der Waals surface area contributed by atoms with Crippen LogP contribution in [0, 0.1) is 0 Å². The van der Waals surface area contributed by atoms with Crippen molar-refractivity contribution < 1.29 is 23.9 Å². The number of ether oxygens (including phenoxy) is 2. The molecule has 0 aliphatic rings. The van der Waals surface area contributed by atoms with Gasteiger partial charge in [-0.05, 0) is 25.1 Å². The maximum atomic E-state index is 12.3. The molecule has 3 N–H and O–H groups in total. The maximum Gasteiger partial charge on any atom is 0.360 e. The molecular weight excluding hydrogens is 430 g/mol. The van der Waals surface area contributed by atoms with Crippen molar-refractivity contribution in [2.75, 3.05) is 24.3 Å². The molecule has 0 saturated carbocycles. The van der Waals surface area contributed by atoms with Crippen molar-refractivity contribution in [1.82, 2.24) is 4.98 Å². The maximum absolute atomic E-state index is 12.3. The quantitative estimate of drug-likeness (QED) is 0.400. The number of amides is 1. The summed E-state index contributed by atoms with van der Waals surface area (Å²) >= 11 is 1.13. The van der Waals surface area contributed by atoms with Crippen molar-refractivity contribution in [2.45, 2.75) is 20.8 Å². The van der Waals surface area contributed by atoms with E-state index in [9.17, 15) is 14.4 Å². The third-order valence-electron chi connectivity index (χ3n) is 3.83. The second-order valence-corrected chi connectivity index (χ2v) is 7.03. The molecule has 0 aliphatic carbocycles. The standard InChI is InChI=1S/C21H19N3O5S.C2H6/c1-2-28-21(27)17-19(30-18(24-17)13-7-4-3-5-8-13)23-16(25)12-29-20(26)14-9-6-10-15(22)11-14;1-2/h3-11H,2,12,22H2,1H3,(H,23,25);1-2H3. The molecule has 9 heteroatoms. The molecule has 0 bridgehead atoms. The highest BCUT2D eigenvalue weighted by molar-refractivity contribution is 7.19. The molecule has 0 spiro atoms. The zero-order valence-electron chi connectivity index (χ0n) is 18.1. The van der Waals surface area contributed by atoms with Gasteiger partial charge >= 0.3 is 11.9 Å². The first kappa shape index (κ1) is 24.5. The van der Waals surface area contributed by atoms with Gasteiger partial charge in [-0.1, -0.05) is 61.6 Å². The number of anilines is 2. The zero-order valence-corrected chi connectivity index (χ0v) is 18.9. The number of hydrogen-bond donors (Lipinski definition) is 2. The van der Waals surface area contributed by atoms with E-state index in [-0.39, 0.29) is 22.9 Å². The number of esters is 2. The fourth-order valence-electron chi connectivity index (χ4n) is 2.49. The van der Waals surface area contributed by atoms with Crippen molar-refractivity contribution in [3.63, 3.8) is 0 Å². The van der Waals surface area contributed by atoms with Crippen LogP contribution >= 0.6 is 11.3 Å².